The molecule has 2 aliphatic heterocycles. The van der Waals surface area contributed by atoms with Crippen molar-refractivity contribution in [2.45, 2.75) is 63.4 Å². The molecule has 0 saturated carbocycles. The Morgan fingerprint density at radius 3 is 1.81 bits per heavy atom. The summed E-state index contributed by atoms with van der Waals surface area (Å²) in [5.41, 5.74) is 5.20. The first-order valence-corrected chi connectivity index (χ1v) is 17.0. The average Bonchev–Trinajstić information content (AvgIpc) is 3.16. The second-order valence-electron chi connectivity index (χ2n) is 12.6. The zero-order valence-corrected chi connectivity index (χ0v) is 30.6. The molecule has 0 bridgehead atoms. The van der Waals surface area contributed by atoms with Crippen molar-refractivity contribution < 1.29 is 88.8 Å². The molecule has 3 aromatic rings. The number of hydroxylamine groups is 1. The number of carboxylic acid groups (broad SMARTS) is 3. The summed E-state index contributed by atoms with van der Waals surface area (Å²) in [6, 6.07) is 17.1. The maximum absolute atomic E-state index is 13.1. The van der Waals surface area contributed by atoms with Crippen LogP contribution in [-0.4, -0.2) is 117 Å². The molecule has 15 nitrogen and oxygen atoms in total. The largest absolute Gasteiger partial charge is 0.490 e. The Hall–Kier alpha value is -5.75. The highest BCUT2D eigenvalue weighted by atomic mass is 19.4. The summed E-state index contributed by atoms with van der Waals surface area (Å²) in [5, 5.41) is 38.1. The van der Waals surface area contributed by atoms with Crippen LogP contribution in [0.25, 0.3) is 10.9 Å². The number of aromatic nitrogens is 1. The Labute approximate surface area is 328 Å². The molecule has 2 amide bonds. The summed E-state index contributed by atoms with van der Waals surface area (Å²) in [6.07, 6.45) is -12.6. The van der Waals surface area contributed by atoms with Crippen molar-refractivity contribution in [3.63, 3.8) is 0 Å². The predicted octanol–water partition coefficient (Wildman–Crippen LogP) is 4.70. The van der Waals surface area contributed by atoms with E-state index in [4.69, 9.17) is 34.4 Å². The minimum absolute atomic E-state index is 0.250. The lowest BCUT2D eigenvalue weighted by Crippen LogP contribution is -2.59. The van der Waals surface area contributed by atoms with Gasteiger partial charge in [0, 0.05) is 34.8 Å². The molecule has 0 unspecified atom stereocenters. The van der Waals surface area contributed by atoms with Gasteiger partial charge in [0.1, 0.15) is 12.4 Å². The van der Waals surface area contributed by atoms with Gasteiger partial charge in [0.15, 0.2) is 0 Å². The van der Waals surface area contributed by atoms with Crippen LogP contribution in [0.2, 0.25) is 0 Å². The molecule has 0 spiro atoms. The van der Waals surface area contributed by atoms with Crippen LogP contribution in [0.3, 0.4) is 0 Å². The van der Waals surface area contributed by atoms with Gasteiger partial charge in [-0.25, -0.2) is 19.9 Å². The highest BCUT2D eigenvalue weighted by molar-refractivity contribution is 5.95. The molecule has 0 aliphatic carbocycles. The molecule has 2 aliphatic rings. The number of nitrogens with one attached hydrogen (secondary N) is 3. The third kappa shape index (κ3) is 16.6. The lowest BCUT2D eigenvalue weighted by atomic mass is 9.88. The number of alkyl halides is 9. The number of carbonyl (C=O) groups excluding carboxylic acids is 2. The molecular formula is C35H38F9N5O10. The van der Waals surface area contributed by atoms with E-state index in [1.54, 1.807) is 29.7 Å². The smallest absolute Gasteiger partial charge is 0.489 e. The van der Waals surface area contributed by atoms with Crippen molar-refractivity contribution in [2.24, 2.45) is 5.92 Å². The van der Waals surface area contributed by atoms with Gasteiger partial charge in [0.2, 0.25) is 5.91 Å². The lowest BCUT2D eigenvalue weighted by Gasteiger charge is -2.43. The number of fused-ring (bicyclic) bond motifs is 1. The second-order valence-corrected chi connectivity index (χ2v) is 12.6. The van der Waals surface area contributed by atoms with Crippen LogP contribution in [0.15, 0.2) is 54.6 Å². The minimum atomic E-state index is -5.08. The lowest BCUT2D eigenvalue weighted by molar-refractivity contribution is -0.193. The molecule has 3 heterocycles. The number of aliphatic carboxylic acids is 3. The van der Waals surface area contributed by atoms with Crippen molar-refractivity contribution >= 4 is 40.6 Å². The Balaban J connectivity index is 0.000000469. The van der Waals surface area contributed by atoms with Crippen molar-refractivity contribution in [1.82, 2.24) is 26.0 Å². The van der Waals surface area contributed by atoms with Gasteiger partial charge in [-0.1, -0.05) is 18.2 Å². The van der Waals surface area contributed by atoms with E-state index in [-0.39, 0.29) is 5.91 Å². The van der Waals surface area contributed by atoms with E-state index in [0.717, 1.165) is 54.6 Å². The third-order valence-electron chi connectivity index (χ3n) is 8.40. The monoisotopic (exact) mass is 859 g/mol. The van der Waals surface area contributed by atoms with E-state index in [1.807, 2.05) is 37.3 Å². The van der Waals surface area contributed by atoms with Gasteiger partial charge in [-0.3, -0.25) is 24.7 Å². The van der Waals surface area contributed by atoms with Crippen LogP contribution in [0.4, 0.5) is 39.5 Å². The van der Waals surface area contributed by atoms with Crippen molar-refractivity contribution in [3.8, 4) is 5.75 Å². The number of piperidine rings is 2. The zero-order valence-electron chi connectivity index (χ0n) is 30.6. The molecule has 2 saturated heterocycles. The summed E-state index contributed by atoms with van der Waals surface area (Å²) in [4.78, 5) is 59.1. The fourth-order valence-corrected chi connectivity index (χ4v) is 5.65. The highest BCUT2D eigenvalue weighted by Gasteiger charge is 2.40. The normalized spacial score (nSPS) is 17.3. The Morgan fingerprint density at radius 1 is 0.814 bits per heavy atom. The number of carbonyl (C=O) groups is 5. The number of amides is 2. The maximum atomic E-state index is 13.1. The number of ether oxygens (including phenoxy) is 1. The number of carboxylic acids is 3. The van der Waals surface area contributed by atoms with Gasteiger partial charge in [0.05, 0.1) is 17.5 Å². The SMILES string of the molecule is Cc1cc(COc2ccc(C(=O)N[C@@H]3CN(C4CCNCC4)CC[C@@H]3C(=O)NO)cc2)c2ccccc2n1.O=C(O)C(F)(F)F.O=C(O)C(F)(F)F.O=C(O)C(F)(F)F. The first-order valence-electron chi connectivity index (χ1n) is 17.0. The van der Waals surface area contributed by atoms with Crippen LogP contribution in [0.5, 0.6) is 5.75 Å². The van der Waals surface area contributed by atoms with E-state index in [1.165, 1.54) is 0 Å². The van der Waals surface area contributed by atoms with Crippen molar-refractivity contribution in [2.75, 3.05) is 26.2 Å². The number of nitrogens with zero attached hydrogens (tertiary/aromatic N) is 2. The Morgan fingerprint density at radius 2 is 1.32 bits per heavy atom. The topological polar surface area (TPSA) is 228 Å². The summed E-state index contributed by atoms with van der Waals surface area (Å²) in [6.45, 7) is 5.66. The molecule has 1 aromatic heterocycles. The molecule has 24 heteroatoms. The molecule has 2 atom stereocenters. The zero-order chi connectivity index (χ0) is 44.7. The van der Waals surface area contributed by atoms with Gasteiger partial charge >= 0.3 is 36.4 Å². The summed E-state index contributed by atoms with van der Waals surface area (Å²) < 4.78 is 101. The number of rotatable bonds is 7. The quantitative estimate of drug-likeness (QED) is 0.0973. The number of pyridine rings is 1. The molecule has 2 fully saturated rings. The molecule has 2 aromatic carbocycles. The van der Waals surface area contributed by atoms with Crippen LogP contribution < -0.4 is 20.9 Å². The number of para-hydroxylation sites is 1. The molecule has 5 rings (SSSR count). The van der Waals surface area contributed by atoms with Gasteiger partial charge in [-0.2, -0.15) is 39.5 Å². The minimum Gasteiger partial charge on any atom is -0.489 e. The fraction of sp³-hybridized carbons (Fsp3) is 0.429. The molecular weight excluding hydrogens is 821 g/mol. The van der Waals surface area contributed by atoms with Crippen LogP contribution in [0.1, 0.15) is 40.9 Å². The number of halogens is 9. The number of benzene rings is 2. The van der Waals surface area contributed by atoms with E-state index < -0.39 is 54.3 Å². The molecule has 7 N–H and O–H groups in total. The van der Waals surface area contributed by atoms with E-state index in [2.05, 4.69) is 20.5 Å². The summed E-state index contributed by atoms with van der Waals surface area (Å²) in [5.74, 6) is -8.80. The standard InChI is InChI=1S/C29H35N5O4.3C2HF3O2/c1-19-16-21(24-4-2-3-5-26(24)31-19)18-38-23-8-6-20(7-9-23)28(35)32-27-17-34(22-10-13-30-14-11-22)15-12-25(27)29(36)33-37;3*3-2(4,5)1(6)7/h2-9,16,22,25,27,30,37H,10-15,17-18H2,1H3,(H,32,35)(H,33,36);3*(H,6,7)/t25-,27+;;;/m0.../s1. The van der Waals surface area contributed by atoms with Gasteiger partial charge in [0.25, 0.3) is 5.91 Å². The van der Waals surface area contributed by atoms with Crippen molar-refractivity contribution in [3.05, 3.63) is 71.4 Å². The predicted molar refractivity (Wildman–Crippen MR) is 185 cm³/mol. The molecule has 0 radical (unpaired) electrons. The fourth-order valence-electron chi connectivity index (χ4n) is 5.65. The van der Waals surface area contributed by atoms with Crippen LogP contribution >= 0.6 is 0 Å². The second kappa shape index (κ2) is 21.9. The van der Waals surface area contributed by atoms with E-state index in [0.29, 0.717) is 36.9 Å². The third-order valence-corrected chi connectivity index (χ3v) is 8.40. The van der Waals surface area contributed by atoms with Gasteiger partial charge in [-0.05, 0) is 82.2 Å². The first-order chi connectivity index (χ1) is 27.3. The van der Waals surface area contributed by atoms with Gasteiger partial charge in [-0.15, -0.1) is 0 Å². The number of aryl methyl sites for hydroxylation is 1. The average molecular weight is 860 g/mol. The highest BCUT2D eigenvalue weighted by Crippen LogP contribution is 2.25. The number of hydrogen-bond acceptors (Lipinski definition) is 10. The number of likely N-dealkylation sites (tertiary alicyclic amines) is 1. The van der Waals surface area contributed by atoms with Crippen LogP contribution in [-0.2, 0) is 25.8 Å². The Kier molecular flexibility index (Phi) is 18.3. The first kappa shape index (κ1) is 49.4. The summed E-state index contributed by atoms with van der Waals surface area (Å²) >= 11 is 0. The maximum Gasteiger partial charge on any atom is 0.490 e. The van der Waals surface area contributed by atoms with E-state index >= 15 is 0 Å². The molecule has 326 valence electrons. The summed E-state index contributed by atoms with van der Waals surface area (Å²) in [7, 11) is 0. The molecule has 59 heavy (non-hydrogen) atoms. The van der Waals surface area contributed by atoms with Crippen LogP contribution in [0, 0.1) is 12.8 Å². The van der Waals surface area contributed by atoms with Gasteiger partial charge < -0.3 is 30.7 Å². The van der Waals surface area contributed by atoms with Crippen molar-refractivity contribution in [1.29, 1.82) is 0 Å². The number of hydrogen-bond donors (Lipinski definition) is 7. The Bertz CT molecular complexity index is 1830. The van der Waals surface area contributed by atoms with E-state index in [9.17, 15) is 54.3 Å².